The molecule has 4 heteroatoms. The first-order chi connectivity index (χ1) is 13.4. The number of quaternary nitrogens is 1. The van der Waals surface area contributed by atoms with E-state index in [4.69, 9.17) is 0 Å². The number of halogens is 1. The molecule has 2 aromatic heterocycles. The number of aromatic nitrogens is 2. The quantitative estimate of drug-likeness (QED) is 0.430. The average Bonchev–Trinajstić information content (AvgIpc) is 2.67. The Morgan fingerprint density at radius 3 is 1.52 bits per heavy atom. The van der Waals surface area contributed by atoms with E-state index in [0.717, 1.165) is 38.8 Å². The number of hydrogen-bond acceptors (Lipinski definition) is 2. The number of hydrogen-bond donors (Lipinski definition) is 0. The number of rotatable bonds is 2. The van der Waals surface area contributed by atoms with E-state index in [-0.39, 0.29) is 17.0 Å². The van der Waals surface area contributed by atoms with Crippen LogP contribution in [0.4, 0.5) is 0 Å². The Balaban J connectivity index is 0.00000300. The van der Waals surface area contributed by atoms with Gasteiger partial charge in [0.2, 0.25) is 0 Å². The fraction of sp³-hybridized carbons (Fsp3) is 0.200. The second kappa shape index (κ2) is 10.0. The minimum atomic E-state index is 0. The Labute approximate surface area is 184 Å². The summed E-state index contributed by atoms with van der Waals surface area (Å²) >= 11 is 0. The first kappa shape index (κ1) is 22.4. The van der Waals surface area contributed by atoms with Gasteiger partial charge in [-0.2, -0.15) is 0 Å². The lowest BCUT2D eigenvalue weighted by Gasteiger charge is -2.24. The van der Waals surface area contributed by atoms with Gasteiger partial charge in [-0.3, -0.25) is 9.97 Å². The van der Waals surface area contributed by atoms with Crippen LogP contribution < -0.4 is 17.0 Å². The molecule has 3 nitrogen and oxygen atoms in total. The maximum absolute atomic E-state index is 4.05. The van der Waals surface area contributed by atoms with Crippen LogP contribution in [0.15, 0.2) is 61.2 Å². The normalized spacial score (nSPS) is 10.1. The summed E-state index contributed by atoms with van der Waals surface area (Å²) < 4.78 is 0.845. The maximum Gasteiger partial charge on any atom is 0.104 e. The van der Waals surface area contributed by atoms with E-state index in [9.17, 15) is 0 Å². The zero-order valence-corrected chi connectivity index (χ0v) is 18.8. The lowest BCUT2D eigenvalue weighted by molar-refractivity contribution is -0.884. The van der Waals surface area contributed by atoms with E-state index >= 15 is 0 Å². The predicted octanol–water partition coefficient (Wildman–Crippen LogP) is 0.795. The van der Waals surface area contributed by atoms with Crippen molar-refractivity contribution in [1.82, 2.24) is 9.97 Å². The van der Waals surface area contributed by atoms with Crippen molar-refractivity contribution in [3.8, 4) is 23.7 Å². The van der Waals surface area contributed by atoms with Gasteiger partial charge in [0.1, 0.15) is 6.54 Å². The Kier molecular flexibility index (Phi) is 7.74. The molecular weight excluding hydrogens is 422 g/mol. The van der Waals surface area contributed by atoms with E-state index in [1.807, 2.05) is 24.3 Å². The Hall–Kier alpha value is -2.92. The highest BCUT2D eigenvalue weighted by molar-refractivity contribution is 5.56. The summed E-state index contributed by atoms with van der Waals surface area (Å²) in [5.74, 6) is 13.1. The highest BCUT2D eigenvalue weighted by atomic mass is 79.9. The van der Waals surface area contributed by atoms with Crippen LogP contribution in [0.25, 0.3) is 0 Å². The molecule has 0 unspecified atom stereocenters. The second-order valence-electron chi connectivity index (χ2n) is 7.74. The van der Waals surface area contributed by atoms with E-state index in [1.165, 1.54) is 5.56 Å². The average molecular weight is 446 g/mol. The molecule has 0 radical (unpaired) electrons. The molecule has 0 saturated heterocycles. The Morgan fingerprint density at radius 1 is 0.724 bits per heavy atom. The molecule has 0 N–H and O–H groups in total. The van der Waals surface area contributed by atoms with Crippen LogP contribution >= 0.6 is 0 Å². The van der Waals surface area contributed by atoms with Crippen LogP contribution in [-0.4, -0.2) is 35.6 Å². The predicted molar refractivity (Wildman–Crippen MR) is 113 cm³/mol. The molecule has 0 atom stereocenters. The molecule has 29 heavy (non-hydrogen) atoms. The van der Waals surface area contributed by atoms with Crippen molar-refractivity contribution in [1.29, 1.82) is 0 Å². The van der Waals surface area contributed by atoms with Crippen LogP contribution in [-0.2, 0) is 6.54 Å². The first-order valence-electron chi connectivity index (χ1n) is 9.19. The Bertz CT molecular complexity index is 999. The molecule has 3 rings (SSSR count). The van der Waals surface area contributed by atoms with Gasteiger partial charge in [0.25, 0.3) is 0 Å². The van der Waals surface area contributed by atoms with E-state index in [0.29, 0.717) is 0 Å². The van der Waals surface area contributed by atoms with Crippen molar-refractivity contribution in [2.24, 2.45) is 0 Å². The summed E-state index contributed by atoms with van der Waals surface area (Å²) in [5.41, 5.74) is 6.28. The second-order valence-corrected chi connectivity index (χ2v) is 7.74. The van der Waals surface area contributed by atoms with Gasteiger partial charge in [-0.15, -0.1) is 0 Å². The van der Waals surface area contributed by atoms with Crippen LogP contribution in [0, 0.1) is 30.6 Å². The largest absolute Gasteiger partial charge is 1.00 e. The lowest BCUT2D eigenvalue weighted by Crippen LogP contribution is -3.00. The van der Waals surface area contributed by atoms with Gasteiger partial charge in [-0.1, -0.05) is 23.7 Å². The topological polar surface area (TPSA) is 25.8 Å². The standard InChI is InChI=1S/C25H24N3.BrH/c1-20-24(7-5-21-9-13-26-14-10-21)17-23(19-28(2,3)4)18-25(20)8-6-22-11-15-27-16-12-22;/h9-18H,19H2,1-4H3;1H/q+1;/p-1. The molecule has 0 amide bonds. The third-order valence-corrected chi connectivity index (χ3v) is 4.17. The number of nitrogens with zero attached hydrogens (tertiary/aromatic N) is 3. The van der Waals surface area contributed by atoms with Gasteiger partial charge >= 0.3 is 0 Å². The molecule has 3 aromatic rings. The summed E-state index contributed by atoms with van der Waals surface area (Å²) in [6, 6.07) is 12.0. The molecule has 0 fully saturated rings. The zero-order valence-electron chi connectivity index (χ0n) is 17.2. The molecule has 0 spiro atoms. The highest BCUT2D eigenvalue weighted by Gasteiger charge is 2.12. The molecule has 2 heterocycles. The van der Waals surface area contributed by atoms with E-state index < -0.39 is 0 Å². The molecule has 1 aromatic carbocycles. The fourth-order valence-electron chi connectivity index (χ4n) is 2.82. The summed E-state index contributed by atoms with van der Waals surface area (Å²) in [5, 5.41) is 0. The number of pyridine rings is 2. The maximum atomic E-state index is 4.05. The minimum Gasteiger partial charge on any atom is -1.00 e. The van der Waals surface area contributed by atoms with Gasteiger partial charge in [-0.05, 0) is 48.9 Å². The van der Waals surface area contributed by atoms with Crippen LogP contribution in [0.5, 0.6) is 0 Å². The summed E-state index contributed by atoms with van der Waals surface area (Å²) in [6.07, 6.45) is 7.04. The van der Waals surface area contributed by atoms with Crippen molar-refractivity contribution in [3.63, 3.8) is 0 Å². The van der Waals surface area contributed by atoms with Crippen molar-refractivity contribution < 1.29 is 21.5 Å². The van der Waals surface area contributed by atoms with Crippen LogP contribution in [0.3, 0.4) is 0 Å². The summed E-state index contributed by atoms with van der Waals surface area (Å²) in [7, 11) is 6.56. The lowest BCUT2D eigenvalue weighted by atomic mass is 9.98. The first-order valence-corrected chi connectivity index (χ1v) is 9.19. The van der Waals surface area contributed by atoms with Crippen LogP contribution in [0.1, 0.15) is 33.4 Å². The Morgan fingerprint density at radius 2 is 1.14 bits per heavy atom. The summed E-state index contributed by atoms with van der Waals surface area (Å²) in [4.78, 5) is 8.09. The van der Waals surface area contributed by atoms with Crippen molar-refractivity contribution in [2.75, 3.05) is 21.1 Å². The minimum absolute atomic E-state index is 0. The SMILES string of the molecule is Cc1c(C#Cc2ccncc2)cc(C[N+](C)(C)C)cc1C#Cc1ccncc1.[Br-]. The third-order valence-electron chi connectivity index (χ3n) is 4.17. The smallest absolute Gasteiger partial charge is 0.104 e. The van der Waals surface area contributed by atoms with E-state index in [1.54, 1.807) is 24.8 Å². The van der Waals surface area contributed by atoms with Crippen molar-refractivity contribution in [2.45, 2.75) is 13.5 Å². The molecule has 0 aliphatic carbocycles. The van der Waals surface area contributed by atoms with Crippen molar-refractivity contribution in [3.05, 3.63) is 94.6 Å². The molecule has 0 aliphatic rings. The van der Waals surface area contributed by atoms with Gasteiger partial charge in [0, 0.05) is 52.6 Å². The fourth-order valence-corrected chi connectivity index (χ4v) is 2.82. The third kappa shape index (κ3) is 6.88. The number of benzene rings is 1. The molecule has 0 bridgehead atoms. The summed E-state index contributed by atoms with van der Waals surface area (Å²) in [6.45, 7) is 3.00. The van der Waals surface area contributed by atoms with Gasteiger partial charge < -0.3 is 21.5 Å². The highest BCUT2D eigenvalue weighted by Crippen LogP contribution is 2.18. The molecule has 146 valence electrons. The van der Waals surface area contributed by atoms with Gasteiger partial charge in [0.15, 0.2) is 0 Å². The van der Waals surface area contributed by atoms with Crippen molar-refractivity contribution >= 4 is 0 Å². The zero-order chi connectivity index (χ0) is 20.0. The van der Waals surface area contributed by atoms with Crippen LogP contribution in [0.2, 0.25) is 0 Å². The molecule has 0 aliphatic heterocycles. The van der Waals surface area contributed by atoms with E-state index in [2.05, 4.69) is 73.8 Å². The molecular formula is C25H24BrN3. The van der Waals surface area contributed by atoms with Gasteiger partial charge in [0.05, 0.1) is 21.1 Å². The van der Waals surface area contributed by atoms with Gasteiger partial charge in [-0.25, -0.2) is 0 Å². The monoisotopic (exact) mass is 445 g/mol. The molecule has 0 saturated carbocycles.